The fourth-order valence-corrected chi connectivity index (χ4v) is 11.5. The Hall–Kier alpha value is -9.78. The number of hydrogen-bond donors (Lipinski definition) is 5. The Balaban J connectivity index is 0.000000171. The second-order valence-electron chi connectivity index (χ2n) is 21.1. The maximum atomic E-state index is 13.4. The summed E-state index contributed by atoms with van der Waals surface area (Å²) in [6, 6.07) is 27.2. The van der Waals surface area contributed by atoms with E-state index in [2.05, 4.69) is 55.3 Å². The Morgan fingerprint density at radius 3 is 1.48 bits per heavy atom. The number of carbonyl (C=O) groups excluding carboxylic acids is 1. The van der Waals surface area contributed by atoms with Gasteiger partial charge in [0.1, 0.15) is 34.3 Å². The van der Waals surface area contributed by atoms with E-state index in [1.807, 2.05) is 113 Å². The lowest BCUT2D eigenvalue weighted by atomic mass is 9.99. The number of aromatic carboxylic acids is 1. The minimum atomic E-state index is -1.21. The first kappa shape index (κ1) is 62.3. The number of fused-ring (bicyclic) bond motifs is 8. The van der Waals surface area contributed by atoms with Gasteiger partial charge in [-0.1, -0.05) is 61.6 Å². The first-order valence-electron chi connectivity index (χ1n) is 28.6. The highest BCUT2D eigenvalue weighted by atomic mass is 16.5. The van der Waals surface area contributed by atoms with E-state index in [-0.39, 0.29) is 32.4 Å². The van der Waals surface area contributed by atoms with Crippen LogP contribution in [0.2, 0.25) is 0 Å². The van der Waals surface area contributed by atoms with E-state index in [0.717, 1.165) is 153 Å². The van der Waals surface area contributed by atoms with Gasteiger partial charge in [-0.25, -0.2) is 24.7 Å². The first-order valence-corrected chi connectivity index (χ1v) is 28.6. The zero-order chi connectivity index (χ0) is 60.3. The molecule has 23 heteroatoms. The van der Waals surface area contributed by atoms with Crippen molar-refractivity contribution in [1.82, 2.24) is 65.3 Å². The number of morpholine rings is 2. The minimum Gasteiger partial charge on any atom is -0.496 e. The molecule has 460 valence electrons. The lowest BCUT2D eigenvalue weighted by Gasteiger charge is -2.26. The molecule has 0 bridgehead atoms. The van der Waals surface area contributed by atoms with Crippen LogP contribution < -0.4 is 20.5 Å². The SMILES string of the molecule is C.C.COc1cc2c(cc1-c1c(C)noc1C)[nH]c1nc(C(=O)NCCN3CCOCC3)nc(-c3ccnc4ccccc34)c12.COc1cc2c(cc1-c1c(C)noc1C)[nH]c1nc(C(=O)O)nc(-c3ccnc4ccccc34)c12.NCCN1CCOCC1. The lowest BCUT2D eigenvalue weighted by Crippen LogP contribution is -2.41. The highest BCUT2D eigenvalue weighted by molar-refractivity contribution is 6.18. The molecule has 12 aromatic rings. The molecular formula is C66H72N14O9. The van der Waals surface area contributed by atoms with E-state index < -0.39 is 5.97 Å². The van der Waals surface area contributed by atoms with Gasteiger partial charge in [0.2, 0.25) is 11.6 Å². The molecule has 2 aliphatic rings. The first-order chi connectivity index (χ1) is 42.4. The van der Waals surface area contributed by atoms with Crippen LogP contribution >= 0.6 is 0 Å². The number of ether oxygens (including phenoxy) is 4. The molecule has 0 unspecified atom stereocenters. The molecule has 2 fully saturated rings. The summed E-state index contributed by atoms with van der Waals surface area (Å²) in [4.78, 5) is 64.1. The van der Waals surface area contributed by atoms with Crippen molar-refractivity contribution in [3.05, 3.63) is 132 Å². The summed E-state index contributed by atoms with van der Waals surface area (Å²) in [6.07, 6.45) is 3.45. The average molecular weight is 1210 g/mol. The number of nitrogens with zero attached hydrogens (tertiary/aromatic N) is 10. The summed E-state index contributed by atoms with van der Waals surface area (Å²) in [5, 5.41) is 25.9. The Kier molecular flexibility index (Phi) is 19.0. The quantitative estimate of drug-likeness (QED) is 0.0717. The van der Waals surface area contributed by atoms with E-state index in [1.165, 1.54) is 0 Å². The van der Waals surface area contributed by atoms with Crippen molar-refractivity contribution in [2.75, 3.05) is 93.0 Å². The summed E-state index contributed by atoms with van der Waals surface area (Å²) >= 11 is 0. The van der Waals surface area contributed by atoms with Crippen LogP contribution in [0.5, 0.6) is 11.5 Å². The molecular weight excluding hydrogens is 1130 g/mol. The number of aryl methyl sites for hydroxylation is 4. The number of hydrogen-bond acceptors (Lipinski definition) is 19. The lowest BCUT2D eigenvalue weighted by molar-refractivity contribution is 0.0383. The number of carboxylic acids is 1. The largest absolute Gasteiger partial charge is 0.496 e. The number of amides is 1. The van der Waals surface area contributed by atoms with Crippen molar-refractivity contribution in [2.24, 2.45) is 5.73 Å². The molecule has 2 saturated heterocycles. The number of carboxylic acid groups (broad SMARTS) is 1. The normalized spacial score (nSPS) is 13.6. The summed E-state index contributed by atoms with van der Waals surface area (Å²) < 4.78 is 33.0. The monoisotopic (exact) mass is 1200 g/mol. The van der Waals surface area contributed by atoms with Crippen molar-refractivity contribution in [3.8, 4) is 56.3 Å². The summed E-state index contributed by atoms with van der Waals surface area (Å²) in [7, 11) is 3.25. The van der Waals surface area contributed by atoms with Gasteiger partial charge >= 0.3 is 5.97 Å². The summed E-state index contributed by atoms with van der Waals surface area (Å²) in [6.45, 7) is 17.5. The van der Waals surface area contributed by atoms with Crippen molar-refractivity contribution in [1.29, 1.82) is 0 Å². The molecule has 14 rings (SSSR count). The Morgan fingerprint density at radius 1 is 0.596 bits per heavy atom. The summed E-state index contributed by atoms with van der Waals surface area (Å²) in [5.41, 5.74) is 17.2. The minimum absolute atomic E-state index is 0. The Labute approximate surface area is 512 Å². The van der Waals surface area contributed by atoms with Crippen LogP contribution in [0, 0.1) is 27.7 Å². The number of H-pyrrole nitrogens is 2. The number of nitrogens with two attached hydrogens (primary N) is 1. The molecule has 8 aromatic heterocycles. The Morgan fingerprint density at radius 2 is 1.04 bits per heavy atom. The van der Waals surface area contributed by atoms with Crippen LogP contribution in [0.1, 0.15) is 59.0 Å². The van der Waals surface area contributed by atoms with Gasteiger partial charge in [-0.3, -0.25) is 24.6 Å². The van der Waals surface area contributed by atoms with Gasteiger partial charge in [0.25, 0.3) is 5.91 Å². The van der Waals surface area contributed by atoms with Gasteiger partial charge in [0.15, 0.2) is 0 Å². The number of methoxy groups -OCH3 is 2. The number of aromatic amines is 2. The molecule has 0 radical (unpaired) electrons. The number of nitrogens with one attached hydrogen (secondary N) is 3. The third-order valence-corrected chi connectivity index (χ3v) is 15.7. The summed E-state index contributed by atoms with van der Waals surface area (Å²) in [5.74, 6) is 0.924. The van der Waals surface area contributed by atoms with Crippen molar-refractivity contribution < 1.29 is 42.7 Å². The van der Waals surface area contributed by atoms with Gasteiger partial charge in [0.05, 0.1) is 96.4 Å². The molecule has 89 heavy (non-hydrogen) atoms. The molecule has 0 atom stereocenters. The molecule has 2 aliphatic heterocycles. The van der Waals surface area contributed by atoms with Crippen molar-refractivity contribution >= 4 is 77.6 Å². The third-order valence-electron chi connectivity index (χ3n) is 15.7. The smallest absolute Gasteiger partial charge is 0.374 e. The number of rotatable bonds is 13. The van der Waals surface area contributed by atoms with E-state index >= 15 is 0 Å². The zero-order valence-corrected chi connectivity index (χ0v) is 49.0. The number of pyridine rings is 2. The van der Waals surface area contributed by atoms with Crippen molar-refractivity contribution in [3.63, 3.8) is 0 Å². The molecule has 23 nitrogen and oxygen atoms in total. The fourth-order valence-electron chi connectivity index (χ4n) is 11.5. The van der Waals surface area contributed by atoms with Crippen LogP contribution in [0.3, 0.4) is 0 Å². The van der Waals surface area contributed by atoms with Crippen LogP contribution in [0.4, 0.5) is 0 Å². The third kappa shape index (κ3) is 12.4. The van der Waals surface area contributed by atoms with E-state index in [4.69, 9.17) is 43.7 Å². The maximum absolute atomic E-state index is 13.4. The highest BCUT2D eigenvalue weighted by Gasteiger charge is 2.26. The van der Waals surface area contributed by atoms with Crippen LogP contribution in [0.15, 0.2) is 106 Å². The van der Waals surface area contributed by atoms with Gasteiger partial charge in [-0.2, -0.15) is 0 Å². The molecule has 0 saturated carbocycles. The second kappa shape index (κ2) is 27.1. The maximum Gasteiger partial charge on any atom is 0.374 e. The number of aromatic nitrogens is 10. The van der Waals surface area contributed by atoms with Crippen LogP contribution in [-0.2, 0) is 9.47 Å². The van der Waals surface area contributed by atoms with Crippen molar-refractivity contribution in [2.45, 2.75) is 42.5 Å². The van der Waals surface area contributed by atoms with Crippen LogP contribution in [-0.4, -0.2) is 170 Å². The molecule has 0 aliphatic carbocycles. The van der Waals surface area contributed by atoms with E-state index in [1.54, 1.807) is 26.6 Å². The van der Waals surface area contributed by atoms with E-state index in [9.17, 15) is 14.7 Å². The molecule has 0 spiro atoms. The predicted molar refractivity (Wildman–Crippen MR) is 344 cm³/mol. The van der Waals surface area contributed by atoms with Crippen LogP contribution in [0.25, 0.3) is 110 Å². The van der Waals surface area contributed by atoms with Gasteiger partial charge in [-0.15, -0.1) is 0 Å². The number of benzene rings is 4. The fraction of sp³-hybridized carbons (Fsp3) is 0.303. The molecule has 1 amide bonds. The second-order valence-corrected chi connectivity index (χ2v) is 21.1. The topological polar surface area (TPSA) is 297 Å². The predicted octanol–water partition coefficient (Wildman–Crippen LogP) is 10.5. The van der Waals surface area contributed by atoms with Gasteiger partial charge < -0.3 is 54.1 Å². The standard InChI is InChI=1S/C32H31N7O4.C26H19N5O4.C6H14N2O.2CH4/c1-18-27(19(2)43-38-18)23-16-25-22(17-26(23)41-3)28-29(21-8-9-33-24-7-5-4-6-20(21)24)36-31(37-30(28)35-25)32(40)34-10-11-39-12-14-42-15-13-39;1-12-21(13(2)35-31-12)17-10-19-16(11-20(17)34-3)22-23(29-25(26(32)33)30-24(22)28-19)15-8-9-27-18-7-5-4-6-14(15)18;7-1-2-8-3-5-9-6-4-8;;/h4-9,16-17H,10-15H2,1-3H3,(H,34,40)(H,35,36,37);4-11H,1-3H3,(H,32,33)(H,28,29,30);1-7H2;2*1H4. The number of para-hydroxylation sites is 2. The van der Waals surface area contributed by atoms with E-state index in [0.29, 0.717) is 70.8 Å². The highest BCUT2D eigenvalue weighted by Crippen LogP contribution is 2.44. The molecule has 10 heterocycles. The molecule has 4 aromatic carbocycles. The average Bonchev–Trinajstić information content (AvgIpc) is 1.97. The zero-order valence-electron chi connectivity index (χ0n) is 49.0. The van der Waals surface area contributed by atoms with Gasteiger partial charge in [-0.05, 0) is 76.2 Å². The van der Waals surface area contributed by atoms with Gasteiger partial charge in [0, 0.05) is 120 Å². The number of carbonyl (C=O) groups is 2. The molecule has 6 N–H and O–H groups in total. The Bertz CT molecular complexity index is 4490.